The third-order valence-corrected chi connectivity index (χ3v) is 8.57. The lowest BCUT2D eigenvalue weighted by molar-refractivity contribution is 0.592. The molecule has 0 aliphatic carbocycles. The molecule has 0 atom stereocenters. The Morgan fingerprint density at radius 3 is 2.28 bits per heavy atom. The standard InChI is InChI=1S/C27H25ClFN3O3S/c1-2-30-18-26(36(34,35)21-10-6-7-19(28)15-21)27(33)22-16-23(29)25(17-24(22)30)32-13-11-31(12-14-32)20-8-4-3-5-9-20/h3-10,15-18H,2,11-14H2,1H3. The predicted octanol–water partition coefficient (Wildman–Crippen LogP) is 4.97. The highest BCUT2D eigenvalue weighted by atomic mass is 35.5. The van der Waals surface area contributed by atoms with Gasteiger partial charge in [0.1, 0.15) is 10.7 Å². The molecule has 0 spiro atoms. The van der Waals surface area contributed by atoms with Crippen LogP contribution in [0.15, 0.2) is 87.5 Å². The molecule has 1 saturated heterocycles. The Labute approximate surface area is 214 Å². The molecule has 36 heavy (non-hydrogen) atoms. The first-order valence-corrected chi connectivity index (χ1v) is 13.6. The molecule has 6 nitrogen and oxygen atoms in total. The number of aromatic nitrogens is 1. The van der Waals surface area contributed by atoms with E-state index in [1.165, 1.54) is 30.5 Å². The zero-order chi connectivity index (χ0) is 25.4. The maximum Gasteiger partial charge on any atom is 0.211 e. The molecule has 0 unspecified atom stereocenters. The second-order valence-electron chi connectivity index (χ2n) is 8.70. The summed E-state index contributed by atoms with van der Waals surface area (Å²) in [5.41, 5.74) is 1.30. The van der Waals surface area contributed by atoms with Gasteiger partial charge in [0.15, 0.2) is 0 Å². The minimum atomic E-state index is -4.15. The van der Waals surface area contributed by atoms with E-state index >= 15 is 4.39 Å². The molecule has 2 heterocycles. The van der Waals surface area contributed by atoms with E-state index < -0.39 is 26.0 Å². The Morgan fingerprint density at radius 1 is 0.917 bits per heavy atom. The van der Waals surface area contributed by atoms with E-state index in [4.69, 9.17) is 11.6 Å². The molecule has 186 valence electrons. The predicted molar refractivity (Wildman–Crippen MR) is 142 cm³/mol. The summed E-state index contributed by atoms with van der Waals surface area (Å²) < 4.78 is 43.6. The van der Waals surface area contributed by atoms with Crippen LogP contribution >= 0.6 is 11.6 Å². The maximum atomic E-state index is 15.4. The molecule has 9 heteroatoms. The highest BCUT2D eigenvalue weighted by molar-refractivity contribution is 7.91. The van der Waals surface area contributed by atoms with Gasteiger partial charge < -0.3 is 14.4 Å². The molecule has 3 aromatic carbocycles. The lowest BCUT2D eigenvalue weighted by Crippen LogP contribution is -2.46. The van der Waals surface area contributed by atoms with E-state index in [0.717, 1.165) is 18.8 Å². The van der Waals surface area contributed by atoms with Crippen LogP contribution < -0.4 is 15.2 Å². The summed E-state index contributed by atoms with van der Waals surface area (Å²) in [6, 6.07) is 18.7. The van der Waals surface area contributed by atoms with Crippen LogP contribution in [0.2, 0.25) is 5.02 Å². The minimum Gasteiger partial charge on any atom is -0.368 e. The fourth-order valence-corrected chi connectivity index (χ4v) is 6.34. The molecular weight excluding hydrogens is 501 g/mol. The quantitative estimate of drug-likeness (QED) is 0.368. The summed E-state index contributed by atoms with van der Waals surface area (Å²) in [5.74, 6) is -0.548. The van der Waals surface area contributed by atoms with E-state index in [1.807, 2.05) is 30.0 Å². The summed E-state index contributed by atoms with van der Waals surface area (Å²) in [6.07, 6.45) is 1.34. The van der Waals surface area contributed by atoms with Gasteiger partial charge in [-0.1, -0.05) is 35.9 Å². The fraction of sp³-hybridized carbons (Fsp3) is 0.222. The molecule has 0 bridgehead atoms. The monoisotopic (exact) mass is 525 g/mol. The average Bonchev–Trinajstić information content (AvgIpc) is 2.89. The van der Waals surface area contributed by atoms with E-state index in [9.17, 15) is 13.2 Å². The number of anilines is 2. The van der Waals surface area contributed by atoms with Crippen molar-refractivity contribution in [1.82, 2.24) is 4.57 Å². The van der Waals surface area contributed by atoms with Gasteiger partial charge >= 0.3 is 0 Å². The highest BCUT2D eigenvalue weighted by Crippen LogP contribution is 2.29. The Kier molecular flexibility index (Phi) is 6.49. The number of hydrogen-bond donors (Lipinski definition) is 0. The molecule has 1 fully saturated rings. The van der Waals surface area contributed by atoms with Crippen molar-refractivity contribution in [3.63, 3.8) is 0 Å². The van der Waals surface area contributed by atoms with Gasteiger partial charge in [-0.05, 0) is 49.4 Å². The number of para-hydroxylation sites is 1. The molecule has 1 aromatic heterocycles. The number of pyridine rings is 1. The zero-order valence-corrected chi connectivity index (χ0v) is 21.3. The van der Waals surface area contributed by atoms with Gasteiger partial charge in [0.2, 0.25) is 15.3 Å². The van der Waals surface area contributed by atoms with Crippen LogP contribution in [0.5, 0.6) is 0 Å². The number of sulfone groups is 1. The fourth-order valence-electron chi connectivity index (χ4n) is 4.67. The van der Waals surface area contributed by atoms with Crippen molar-refractivity contribution in [1.29, 1.82) is 0 Å². The number of rotatable bonds is 5. The molecule has 0 radical (unpaired) electrons. The largest absolute Gasteiger partial charge is 0.368 e. The van der Waals surface area contributed by atoms with Crippen molar-refractivity contribution in [2.24, 2.45) is 0 Å². The van der Waals surface area contributed by atoms with Crippen LogP contribution in [0.3, 0.4) is 0 Å². The molecule has 4 aromatic rings. The first-order valence-electron chi connectivity index (χ1n) is 11.7. The summed E-state index contributed by atoms with van der Waals surface area (Å²) in [4.78, 5) is 17.1. The molecule has 0 N–H and O–H groups in total. The highest BCUT2D eigenvalue weighted by Gasteiger charge is 2.26. The molecule has 0 amide bonds. The Balaban J connectivity index is 1.54. The summed E-state index contributed by atoms with van der Waals surface area (Å²) in [7, 11) is -4.15. The number of nitrogens with zero attached hydrogens (tertiary/aromatic N) is 3. The Bertz CT molecular complexity index is 1600. The third kappa shape index (κ3) is 4.35. The maximum absolute atomic E-state index is 15.4. The number of halogens is 2. The van der Waals surface area contributed by atoms with Crippen LogP contribution in [0.4, 0.5) is 15.8 Å². The number of benzene rings is 3. The molecule has 0 saturated carbocycles. The molecule has 5 rings (SSSR count). The second-order valence-corrected chi connectivity index (χ2v) is 11.1. The first-order chi connectivity index (χ1) is 17.3. The van der Waals surface area contributed by atoms with Crippen molar-refractivity contribution >= 4 is 43.7 Å². The van der Waals surface area contributed by atoms with Gasteiger partial charge in [-0.2, -0.15) is 0 Å². The minimum absolute atomic E-state index is 0.0316. The van der Waals surface area contributed by atoms with Crippen LogP contribution in [-0.4, -0.2) is 39.2 Å². The van der Waals surface area contributed by atoms with Gasteiger partial charge in [0.05, 0.1) is 21.5 Å². The van der Waals surface area contributed by atoms with E-state index in [2.05, 4.69) is 17.0 Å². The number of aryl methyl sites for hydroxylation is 1. The smallest absolute Gasteiger partial charge is 0.211 e. The number of hydrogen-bond acceptors (Lipinski definition) is 5. The van der Waals surface area contributed by atoms with E-state index in [1.54, 1.807) is 16.7 Å². The summed E-state index contributed by atoms with van der Waals surface area (Å²) >= 11 is 5.98. The summed E-state index contributed by atoms with van der Waals surface area (Å²) in [6.45, 7) is 4.96. The van der Waals surface area contributed by atoms with Crippen molar-refractivity contribution in [3.05, 3.63) is 94.0 Å². The Hall–Kier alpha value is -3.36. The first kappa shape index (κ1) is 24.3. The van der Waals surface area contributed by atoms with Crippen molar-refractivity contribution < 1.29 is 12.8 Å². The van der Waals surface area contributed by atoms with Gasteiger partial charge in [0.25, 0.3) is 0 Å². The average molecular weight is 526 g/mol. The molecule has 1 aliphatic heterocycles. The van der Waals surface area contributed by atoms with Crippen LogP contribution in [0.1, 0.15) is 6.92 Å². The topological polar surface area (TPSA) is 62.6 Å². The van der Waals surface area contributed by atoms with Crippen molar-refractivity contribution in [3.8, 4) is 0 Å². The van der Waals surface area contributed by atoms with Gasteiger partial charge in [-0.15, -0.1) is 0 Å². The van der Waals surface area contributed by atoms with Crippen LogP contribution in [0.25, 0.3) is 10.9 Å². The van der Waals surface area contributed by atoms with Gasteiger partial charge in [0, 0.05) is 49.6 Å². The third-order valence-electron chi connectivity index (χ3n) is 6.59. The normalized spacial score (nSPS) is 14.4. The zero-order valence-electron chi connectivity index (χ0n) is 19.7. The van der Waals surface area contributed by atoms with E-state index in [0.29, 0.717) is 30.8 Å². The van der Waals surface area contributed by atoms with Crippen LogP contribution in [0, 0.1) is 5.82 Å². The lowest BCUT2D eigenvalue weighted by atomic mass is 10.1. The summed E-state index contributed by atoms with van der Waals surface area (Å²) in [5, 5.41) is 0.278. The Morgan fingerprint density at radius 2 is 1.61 bits per heavy atom. The lowest BCUT2D eigenvalue weighted by Gasteiger charge is -2.37. The van der Waals surface area contributed by atoms with Crippen molar-refractivity contribution in [2.75, 3.05) is 36.0 Å². The molecule has 1 aliphatic rings. The second kappa shape index (κ2) is 9.59. The van der Waals surface area contributed by atoms with Gasteiger partial charge in [-0.3, -0.25) is 4.79 Å². The number of fused-ring (bicyclic) bond motifs is 1. The number of piperazine rings is 1. The van der Waals surface area contributed by atoms with Gasteiger partial charge in [-0.25, -0.2) is 12.8 Å². The van der Waals surface area contributed by atoms with E-state index in [-0.39, 0.29) is 15.3 Å². The molecular formula is C27H25ClFN3O3S. The van der Waals surface area contributed by atoms with Crippen molar-refractivity contribution in [2.45, 2.75) is 23.3 Å². The van der Waals surface area contributed by atoms with Crippen LogP contribution in [-0.2, 0) is 16.4 Å². The SMILES string of the molecule is CCn1cc(S(=O)(=O)c2cccc(Cl)c2)c(=O)c2cc(F)c(N3CCN(c4ccccc4)CC3)cc21.